The van der Waals surface area contributed by atoms with E-state index in [4.69, 9.17) is 9.90 Å². The van der Waals surface area contributed by atoms with Crippen molar-refractivity contribution in [2.45, 2.75) is 12.4 Å². The Morgan fingerprint density at radius 2 is 1.21 bits per heavy atom. The zero-order valence-electron chi connectivity index (χ0n) is 8.92. The lowest BCUT2D eigenvalue weighted by atomic mass is 10.1. The minimum atomic E-state index is -5.08. The fourth-order valence-corrected chi connectivity index (χ4v) is 0.753. The van der Waals surface area contributed by atoms with Crippen LogP contribution in [0.1, 0.15) is 10.4 Å². The van der Waals surface area contributed by atoms with Crippen LogP contribution in [-0.2, 0) is 4.79 Å². The van der Waals surface area contributed by atoms with Gasteiger partial charge in [0.25, 0.3) is 5.78 Å². The van der Waals surface area contributed by atoms with Crippen molar-refractivity contribution in [1.29, 1.82) is 0 Å². The third-order valence-corrected chi connectivity index (χ3v) is 1.54. The Balaban J connectivity index is 0.000000399. The van der Waals surface area contributed by atoms with E-state index in [0.717, 1.165) is 12.1 Å². The van der Waals surface area contributed by atoms with Crippen molar-refractivity contribution < 1.29 is 41.0 Å². The number of hydrogen-bond acceptors (Lipinski definition) is 2. The fourth-order valence-electron chi connectivity index (χ4n) is 0.753. The average molecular weight is 288 g/mol. The Morgan fingerprint density at radius 3 is 1.47 bits per heavy atom. The Bertz CT molecular complexity index is 435. The van der Waals surface area contributed by atoms with E-state index >= 15 is 0 Å². The average Bonchev–Trinajstić information content (AvgIpc) is 2.27. The summed E-state index contributed by atoms with van der Waals surface area (Å²) in [5, 5.41) is 7.12. The van der Waals surface area contributed by atoms with Gasteiger partial charge in [0.15, 0.2) is 0 Å². The first-order chi connectivity index (χ1) is 8.46. The van der Waals surface area contributed by atoms with Crippen LogP contribution in [0.2, 0.25) is 0 Å². The van der Waals surface area contributed by atoms with Crippen molar-refractivity contribution in [1.82, 2.24) is 0 Å². The number of carboxylic acid groups (broad SMARTS) is 1. The number of Topliss-reactive ketones (excluding diaryl/α,β-unsaturated/α-hetero) is 1. The first-order valence-corrected chi connectivity index (χ1v) is 4.43. The SMILES string of the molecule is O=C(O)C(F)(F)F.O=C(c1ccccc1)C(F)(F)F. The second kappa shape index (κ2) is 6.21. The molecule has 0 aliphatic heterocycles. The van der Waals surface area contributed by atoms with Gasteiger partial charge in [0.2, 0.25) is 0 Å². The summed E-state index contributed by atoms with van der Waals surface area (Å²) in [6.07, 6.45) is -9.86. The largest absolute Gasteiger partial charge is 0.490 e. The normalized spacial score (nSPS) is 11.3. The summed E-state index contributed by atoms with van der Waals surface area (Å²) in [7, 11) is 0. The number of ketones is 1. The maximum absolute atomic E-state index is 11.8. The first kappa shape index (κ1) is 16.9. The van der Waals surface area contributed by atoms with E-state index in [1.807, 2.05) is 0 Å². The van der Waals surface area contributed by atoms with Gasteiger partial charge in [-0.2, -0.15) is 26.3 Å². The molecule has 106 valence electrons. The lowest BCUT2D eigenvalue weighted by molar-refractivity contribution is -0.192. The first-order valence-electron chi connectivity index (χ1n) is 4.43. The lowest BCUT2D eigenvalue weighted by Crippen LogP contribution is -2.22. The molecule has 19 heavy (non-hydrogen) atoms. The highest BCUT2D eigenvalue weighted by Gasteiger charge is 2.39. The minimum absolute atomic E-state index is 0.329. The standard InChI is InChI=1S/C8H5F3O.C2HF3O2/c9-8(10,11)7(12)6-4-2-1-3-5-6;3-2(4,5)1(6)7/h1-5H;(H,6,7). The molecule has 0 aliphatic rings. The summed E-state index contributed by atoms with van der Waals surface area (Å²) in [6, 6.07) is 6.59. The van der Waals surface area contributed by atoms with Crippen LogP contribution < -0.4 is 0 Å². The molecule has 1 aromatic rings. The molecule has 0 fully saturated rings. The van der Waals surface area contributed by atoms with Crippen molar-refractivity contribution in [3.63, 3.8) is 0 Å². The number of carboxylic acids is 1. The van der Waals surface area contributed by atoms with Gasteiger partial charge in [-0.25, -0.2) is 4.79 Å². The van der Waals surface area contributed by atoms with Gasteiger partial charge >= 0.3 is 18.3 Å². The molecule has 0 aliphatic carbocycles. The van der Waals surface area contributed by atoms with Gasteiger partial charge in [0.1, 0.15) is 0 Å². The second-order valence-corrected chi connectivity index (χ2v) is 3.00. The molecule has 0 saturated heterocycles. The van der Waals surface area contributed by atoms with Gasteiger partial charge in [-0.05, 0) is 0 Å². The van der Waals surface area contributed by atoms with E-state index in [1.165, 1.54) is 12.1 Å². The molecule has 0 radical (unpaired) electrons. The minimum Gasteiger partial charge on any atom is -0.475 e. The number of hydrogen-bond donors (Lipinski definition) is 1. The van der Waals surface area contributed by atoms with Gasteiger partial charge in [0.05, 0.1) is 0 Å². The van der Waals surface area contributed by atoms with E-state index in [9.17, 15) is 31.1 Å². The van der Waals surface area contributed by atoms with Gasteiger partial charge < -0.3 is 5.11 Å². The van der Waals surface area contributed by atoms with Crippen LogP contribution in [0.15, 0.2) is 30.3 Å². The van der Waals surface area contributed by atoms with Crippen LogP contribution in [-0.4, -0.2) is 29.2 Å². The number of carbonyl (C=O) groups excluding carboxylic acids is 1. The van der Waals surface area contributed by atoms with E-state index in [-0.39, 0.29) is 5.56 Å². The Kier molecular flexibility index (Phi) is 5.53. The molecule has 1 aromatic carbocycles. The van der Waals surface area contributed by atoms with Gasteiger partial charge in [-0.3, -0.25) is 4.79 Å². The van der Waals surface area contributed by atoms with Gasteiger partial charge in [-0.1, -0.05) is 30.3 Å². The summed E-state index contributed by atoms with van der Waals surface area (Å²) < 4.78 is 67.1. The number of rotatable bonds is 1. The van der Waals surface area contributed by atoms with E-state index in [1.54, 1.807) is 6.07 Å². The predicted octanol–water partition coefficient (Wildman–Crippen LogP) is 3.06. The van der Waals surface area contributed by atoms with Gasteiger partial charge in [-0.15, -0.1) is 0 Å². The lowest BCUT2D eigenvalue weighted by Gasteiger charge is -2.03. The second-order valence-electron chi connectivity index (χ2n) is 3.00. The summed E-state index contributed by atoms with van der Waals surface area (Å²) in [4.78, 5) is 19.4. The van der Waals surface area contributed by atoms with E-state index < -0.39 is 24.1 Å². The smallest absolute Gasteiger partial charge is 0.475 e. The maximum Gasteiger partial charge on any atom is 0.490 e. The highest BCUT2D eigenvalue weighted by molar-refractivity contribution is 6.00. The van der Waals surface area contributed by atoms with Crippen molar-refractivity contribution in [3.05, 3.63) is 35.9 Å². The Labute approximate surface area is 102 Å². The van der Waals surface area contributed by atoms with Crippen LogP contribution in [0.25, 0.3) is 0 Å². The monoisotopic (exact) mass is 288 g/mol. The molecular weight excluding hydrogens is 282 g/mol. The van der Waals surface area contributed by atoms with E-state index in [2.05, 4.69) is 0 Å². The van der Waals surface area contributed by atoms with Crippen LogP contribution >= 0.6 is 0 Å². The predicted molar refractivity (Wildman–Crippen MR) is 50.5 cm³/mol. The quantitative estimate of drug-likeness (QED) is 0.638. The van der Waals surface area contributed by atoms with Crippen LogP contribution in [0.4, 0.5) is 26.3 Å². The molecule has 0 aromatic heterocycles. The molecule has 0 spiro atoms. The molecule has 3 nitrogen and oxygen atoms in total. The van der Waals surface area contributed by atoms with Gasteiger partial charge in [0, 0.05) is 5.56 Å². The number of benzene rings is 1. The molecule has 0 saturated carbocycles. The Morgan fingerprint density at radius 1 is 0.842 bits per heavy atom. The highest BCUT2D eigenvalue weighted by atomic mass is 19.4. The third kappa shape index (κ3) is 6.43. The van der Waals surface area contributed by atoms with Crippen molar-refractivity contribution in [2.24, 2.45) is 0 Å². The van der Waals surface area contributed by atoms with Crippen LogP contribution in [0, 0.1) is 0 Å². The number of aliphatic carboxylic acids is 1. The fraction of sp³-hybridized carbons (Fsp3) is 0.200. The van der Waals surface area contributed by atoms with Crippen LogP contribution in [0.5, 0.6) is 0 Å². The molecule has 0 amide bonds. The molecule has 0 heterocycles. The van der Waals surface area contributed by atoms with Crippen molar-refractivity contribution >= 4 is 11.8 Å². The zero-order valence-corrected chi connectivity index (χ0v) is 8.92. The summed E-state index contributed by atoms with van der Waals surface area (Å²) >= 11 is 0. The summed E-state index contributed by atoms with van der Waals surface area (Å²) in [5.41, 5.74) is -0.329. The molecule has 1 N–H and O–H groups in total. The maximum atomic E-state index is 11.8. The number of alkyl halides is 6. The van der Waals surface area contributed by atoms with E-state index in [0.29, 0.717) is 0 Å². The summed E-state index contributed by atoms with van der Waals surface area (Å²) in [5.74, 6) is -4.56. The molecule has 9 heteroatoms. The molecule has 0 unspecified atom stereocenters. The summed E-state index contributed by atoms with van der Waals surface area (Å²) in [6.45, 7) is 0. The molecule has 0 atom stereocenters. The number of carbonyl (C=O) groups is 2. The van der Waals surface area contributed by atoms with Crippen molar-refractivity contribution in [2.75, 3.05) is 0 Å². The van der Waals surface area contributed by atoms with Crippen LogP contribution in [0.3, 0.4) is 0 Å². The molecular formula is C10H6F6O3. The topological polar surface area (TPSA) is 54.4 Å². The Hall–Kier alpha value is -2.06. The van der Waals surface area contributed by atoms with Crippen molar-refractivity contribution in [3.8, 4) is 0 Å². The molecule has 0 bridgehead atoms. The number of halogens is 6. The zero-order chi connectivity index (χ0) is 15.3. The third-order valence-electron chi connectivity index (χ3n) is 1.54. The molecule has 1 rings (SSSR count). The highest BCUT2D eigenvalue weighted by Crippen LogP contribution is 2.20.